The van der Waals surface area contributed by atoms with Gasteiger partial charge in [0.2, 0.25) is 5.75 Å². The zero-order chi connectivity index (χ0) is 29.8. The number of nitrogens with one attached hydrogen (secondary N) is 2. The Morgan fingerprint density at radius 2 is 1.83 bits per heavy atom. The Balaban J connectivity index is 1.74. The molecule has 5 unspecified atom stereocenters. The Kier molecular flexibility index (Phi) is 13.2. The molecule has 1 saturated heterocycles. The van der Waals surface area contributed by atoms with Crippen LogP contribution in [0.4, 0.5) is 0 Å². The van der Waals surface area contributed by atoms with Crippen molar-refractivity contribution in [3.8, 4) is 28.7 Å². The molecule has 0 saturated carbocycles. The van der Waals surface area contributed by atoms with Crippen molar-refractivity contribution >= 4 is 0 Å². The molecule has 2 aromatic rings. The second-order valence-electron chi connectivity index (χ2n) is 10.4. The van der Waals surface area contributed by atoms with Crippen molar-refractivity contribution < 1.29 is 44.5 Å². The van der Waals surface area contributed by atoms with E-state index in [0.29, 0.717) is 56.7 Å². The van der Waals surface area contributed by atoms with Gasteiger partial charge in [-0.05, 0) is 74.5 Å². The number of aryl methyl sites for hydroxylation is 1. The molecule has 0 bridgehead atoms. The molecule has 5 atom stereocenters. The number of rotatable bonds is 17. The summed E-state index contributed by atoms with van der Waals surface area (Å²) in [5.74, 6) is 0.398. The quantitative estimate of drug-likeness (QED) is 0.109. The standard InChI is InChI=1S/C30H46N2O9/c1-4-31-10-12-39-28-15-21(14-27(38-3)29(28)37)30-23(9-11-33)25(36)16-22(41-30)7-5-20-6-8-24(35)26(13-20)40-18-32-17-19(2)34/h6,8,13-15,19,22-23,25,30-37H,4-5,7,9-12,16-18H2,1-3H3. The molecule has 1 aliphatic rings. The van der Waals surface area contributed by atoms with Crippen LogP contribution in [0.5, 0.6) is 28.7 Å². The summed E-state index contributed by atoms with van der Waals surface area (Å²) < 4.78 is 23.4. The number of phenolic OH excluding ortho intramolecular Hbond substituents is 2. The van der Waals surface area contributed by atoms with Crippen molar-refractivity contribution in [1.82, 2.24) is 10.6 Å². The zero-order valence-corrected chi connectivity index (χ0v) is 24.2. The minimum atomic E-state index is -0.706. The molecule has 41 heavy (non-hydrogen) atoms. The summed E-state index contributed by atoms with van der Waals surface area (Å²) in [6, 6.07) is 8.57. The lowest BCUT2D eigenvalue weighted by Crippen LogP contribution is -2.40. The molecular weight excluding hydrogens is 532 g/mol. The number of likely N-dealkylation sites (N-methyl/N-ethyl adjacent to an activating group) is 1. The number of benzene rings is 2. The van der Waals surface area contributed by atoms with E-state index in [0.717, 1.165) is 12.1 Å². The van der Waals surface area contributed by atoms with Crippen LogP contribution in [0.15, 0.2) is 30.3 Å². The second kappa shape index (κ2) is 16.6. The number of ether oxygens (including phenoxy) is 4. The van der Waals surface area contributed by atoms with Crippen molar-refractivity contribution in [2.75, 3.05) is 46.7 Å². The van der Waals surface area contributed by atoms with Gasteiger partial charge in [0.05, 0.1) is 31.5 Å². The topological polar surface area (TPSA) is 162 Å². The summed E-state index contributed by atoms with van der Waals surface area (Å²) in [5, 5.41) is 57.1. The SMILES string of the molecule is CCNCCOc1cc(C2OC(CCc3ccc(O)c(OCNCC(C)O)c3)CC(O)C2CCO)cc(OC)c1O. The van der Waals surface area contributed by atoms with Crippen molar-refractivity contribution in [2.45, 2.75) is 63.9 Å². The van der Waals surface area contributed by atoms with Gasteiger partial charge in [-0.1, -0.05) is 13.0 Å². The minimum Gasteiger partial charge on any atom is -0.504 e. The molecule has 7 N–H and O–H groups in total. The minimum absolute atomic E-state index is 0.0219. The van der Waals surface area contributed by atoms with Gasteiger partial charge >= 0.3 is 0 Å². The molecular formula is C30H46N2O9. The monoisotopic (exact) mass is 578 g/mol. The predicted octanol–water partition coefficient (Wildman–Crippen LogP) is 2.22. The van der Waals surface area contributed by atoms with Crippen molar-refractivity contribution in [1.29, 1.82) is 0 Å². The molecule has 1 aliphatic heterocycles. The molecule has 0 spiro atoms. The van der Waals surface area contributed by atoms with E-state index in [2.05, 4.69) is 10.6 Å². The maximum absolute atomic E-state index is 11.1. The van der Waals surface area contributed by atoms with Crippen LogP contribution in [0.25, 0.3) is 0 Å². The van der Waals surface area contributed by atoms with E-state index in [-0.39, 0.29) is 48.4 Å². The third-order valence-electron chi connectivity index (χ3n) is 7.13. The fraction of sp³-hybridized carbons (Fsp3) is 0.600. The largest absolute Gasteiger partial charge is 0.504 e. The van der Waals surface area contributed by atoms with Crippen molar-refractivity contribution in [3.05, 3.63) is 41.5 Å². The Morgan fingerprint density at radius 1 is 1.05 bits per heavy atom. The Hall–Kier alpha value is -2.80. The van der Waals surface area contributed by atoms with Crippen LogP contribution in [0.1, 0.15) is 50.3 Å². The molecule has 1 fully saturated rings. The summed E-state index contributed by atoms with van der Waals surface area (Å²) in [5.41, 5.74) is 1.62. The van der Waals surface area contributed by atoms with Crippen LogP contribution in [0, 0.1) is 5.92 Å². The third kappa shape index (κ3) is 9.63. The molecule has 11 nitrogen and oxygen atoms in total. The van der Waals surface area contributed by atoms with Gasteiger partial charge in [0.1, 0.15) is 13.3 Å². The molecule has 11 heteroatoms. The predicted molar refractivity (Wildman–Crippen MR) is 154 cm³/mol. The van der Waals surface area contributed by atoms with E-state index in [4.69, 9.17) is 18.9 Å². The van der Waals surface area contributed by atoms with E-state index in [1.54, 1.807) is 31.2 Å². The Morgan fingerprint density at radius 3 is 2.54 bits per heavy atom. The van der Waals surface area contributed by atoms with Crippen LogP contribution in [-0.4, -0.2) is 90.5 Å². The highest BCUT2D eigenvalue weighted by atomic mass is 16.5. The molecule has 0 aliphatic carbocycles. The summed E-state index contributed by atoms with van der Waals surface area (Å²) in [6.07, 6.45) is -0.0747. The average Bonchev–Trinajstić information content (AvgIpc) is 2.95. The van der Waals surface area contributed by atoms with Gasteiger partial charge in [-0.2, -0.15) is 0 Å². The van der Waals surface area contributed by atoms with E-state index in [1.807, 2.05) is 13.0 Å². The fourth-order valence-corrected chi connectivity index (χ4v) is 5.01. The van der Waals surface area contributed by atoms with Crippen LogP contribution < -0.4 is 24.8 Å². The highest BCUT2D eigenvalue weighted by Gasteiger charge is 2.39. The highest BCUT2D eigenvalue weighted by molar-refractivity contribution is 5.53. The highest BCUT2D eigenvalue weighted by Crippen LogP contribution is 2.45. The van der Waals surface area contributed by atoms with Gasteiger partial charge in [-0.25, -0.2) is 0 Å². The molecule has 0 radical (unpaired) electrons. The summed E-state index contributed by atoms with van der Waals surface area (Å²) in [4.78, 5) is 0. The van der Waals surface area contributed by atoms with Gasteiger partial charge in [-0.3, -0.25) is 5.32 Å². The number of aliphatic hydroxyl groups is 3. The first-order valence-corrected chi connectivity index (χ1v) is 14.3. The lowest BCUT2D eigenvalue weighted by atomic mass is 9.82. The Labute approximate surface area is 242 Å². The van der Waals surface area contributed by atoms with Gasteiger partial charge < -0.3 is 49.8 Å². The third-order valence-corrected chi connectivity index (χ3v) is 7.13. The number of aliphatic hydroxyl groups excluding tert-OH is 3. The van der Waals surface area contributed by atoms with Gasteiger partial charge in [-0.15, -0.1) is 0 Å². The maximum Gasteiger partial charge on any atom is 0.200 e. The fourth-order valence-electron chi connectivity index (χ4n) is 5.01. The van der Waals surface area contributed by atoms with Gasteiger partial charge in [0, 0.05) is 25.6 Å². The first-order chi connectivity index (χ1) is 19.8. The number of hydrogen-bond acceptors (Lipinski definition) is 11. The first kappa shape index (κ1) is 32.7. The van der Waals surface area contributed by atoms with Gasteiger partial charge in [0.25, 0.3) is 0 Å². The van der Waals surface area contributed by atoms with E-state index in [1.165, 1.54) is 7.11 Å². The van der Waals surface area contributed by atoms with Crippen LogP contribution in [-0.2, 0) is 11.2 Å². The molecule has 2 aromatic carbocycles. The number of hydrogen-bond donors (Lipinski definition) is 7. The Bertz CT molecular complexity index is 1070. The first-order valence-electron chi connectivity index (χ1n) is 14.3. The van der Waals surface area contributed by atoms with E-state index in [9.17, 15) is 25.5 Å². The molecule has 1 heterocycles. The molecule has 0 aromatic heterocycles. The van der Waals surface area contributed by atoms with Crippen molar-refractivity contribution in [2.24, 2.45) is 5.92 Å². The van der Waals surface area contributed by atoms with Crippen LogP contribution >= 0.6 is 0 Å². The summed E-state index contributed by atoms with van der Waals surface area (Å²) in [6.45, 7) is 5.84. The lowest BCUT2D eigenvalue weighted by Gasteiger charge is -2.40. The average molecular weight is 579 g/mol. The summed E-state index contributed by atoms with van der Waals surface area (Å²) in [7, 11) is 1.46. The molecule has 0 amide bonds. The van der Waals surface area contributed by atoms with E-state index >= 15 is 0 Å². The van der Waals surface area contributed by atoms with Gasteiger partial charge in [0.15, 0.2) is 23.0 Å². The van der Waals surface area contributed by atoms with Crippen LogP contribution in [0.3, 0.4) is 0 Å². The number of phenols is 2. The maximum atomic E-state index is 11.1. The van der Waals surface area contributed by atoms with E-state index < -0.39 is 18.3 Å². The number of aromatic hydroxyl groups is 2. The smallest absolute Gasteiger partial charge is 0.200 e. The molecule has 3 rings (SSSR count). The van der Waals surface area contributed by atoms with Crippen molar-refractivity contribution in [3.63, 3.8) is 0 Å². The second-order valence-corrected chi connectivity index (χ2v) is 10.4. The molecule has 230 valence electrons. The van der Waals surface area contributed by atoms with Crippen LogP contribution in [0.2, 0.25) is 0 Å². The number of methoxy groups -OCH3 is 1. The summed E-state index contributed by atoms with van der Waals surface area (Å²) >= 11 is 0. The zero-order valence-electron chi connectivity index (χ0n) is 24.2. The normalized spacial score (nSPS) is 21.4. The lowest BCUT2D eigenvalue weighted by molar-refractivity contribution is -0.144.